The number of esters is 1. The molecule has 3 aromatic rings. The van der Waals surface area contributed by atoms with Gasteiger partial charge >= 0.3 is 11.9 Å². The van der Waals surface area contributed by atoms with Gasteiger partial charge in [-0.15, -0.1) is 0 Å². The molecule has 0 fully saturated rings. The predicted molar refractivity (Wildman–Crippen MR) is 134 cm³/mol. The van der Waals surface area contributed by atoms with Crippen LogP contribution in [-0.4, -0.2) is 28.8 Å². The highest BCUT2D eigenvalue weighted by Crippen LogP contribution is 2.29. The van der Waals surface area contributed by atoms with Crippen LogP contribution in [0.2, 0.25) is 0 Å². The molecule has 0 aliphatic carbocycles. The minimum absolute atomic E-state index is 0.0541. The van der Waals surface area contributed by atoms with Crippen molar-refractivity contribution in [1.82, 2.24) is 0 Å². The average Bonchev–Trinajstić information content (AvgIpc) is 2.80. The molecule has 2 N–H and O–H groups in total. The van der Waals surface area contributed by atoms with Crippen molar-refractivity contribution in [1.29, 1.82) is 0 Å². The molecule has 0 radical (unpaired) electrons. The highest BCUT2D eigenvalue weighted by atomic mass is 16.6. The van der Waals surface area contributed by atoms with Crippen molar-refractivity contribution in [3.63, 3.8) is 0 Å². The highest BCUT2D eigenvalue weighted by molar-refractivity contribution is 5.74. The molecule has 0 aliphatic rings. The smallest absolute Gasteiger partial charge is 0.349 e. The molecule has 0 unspecified atom stereocenters. The Balaban J connectivity index is 1.59. The Kier molecular flexibility index (Phi) is 8.53. The number of aliphatic carboxylic acids is 1. The number of phenolic OH excluding ortho intramolecular Hbond substituents is 1. The average molecular weight is 477 g/mol. The molecule has 0 amide bonds. The van der Waals surface area contributed by atoms with Crippen molar-refractivity contribution >= 4 is 11.9 Å². The number of carbonyl (C=O) groups is 2. The second-order valence-electron chi connectivity index (χ2n) is 9.06. The second-order valence-corrected chi connectivity index (χ2v) is 9.06. The lowest BCUT2D eigenvalue weighted by atomic mass is 9.93. The van der Waals surface area contributed by atoms with Crippen LogP contribution >= 0.6 is 0 Å². The molecule has 0 bridgehead atoms. The summed E-state index contributed by atoms with van der Waals surface area (Å²) >= 11 is 0. The van der Waals surface area contributed by atoms with E-state index < -0.39 is 11.9 Å². The van der Waals surface area contributed by atoms with Gasteiger partial charge in [0.25, 0.3) is 0 Å². The lowest BCUT2D eigenvalue weighted by Gasteiger charge is -2.15. The molecule has 0 atom stereocenters. The van der Waals surface area contributed by atoms with Crippen LogP contribution in [0.1, 0.15) is 59.6 Å². The molecule has 184 valence electrons. The number of carboxylic acid groups (broad SMARTS) is 1. The van der Waals surface area contributed by atoms with Crippen LogP contribution in [0.3, 0.4) is 0 Å². The van der Waals surface area contributed by atoms with Crippen molar-refractivity contribution < 1.29 is 29.3 Å². The molecule has 0 heterocycles. The molecule has 6 nitrogen and oxygen atoms in total. The molecular weight excluding hydrogens is 444 g/mol. The Labute approximate surface area is 206 Å². The van der Waals surface area contributed by atoms with E-state index >= 15 is 0 Å². The molecule has 35 heavy (non-hydrogen) atoms. The van der Waals surface area contributed by atoms with E-state index in [1.807, 2.05) is 32.0 Å². The first kappa shape index (κ1) is 25.8. The molecule has 0 spiro atoms. The maximum Gasteiger partial charge on any atom is 0.349 e. The van der Waals surface area contributed by atoms with Gasteiger partial charge in [0.15, 0.2) is 6.61 Å². The SMILES string of the molecule is Cc1cc(OCC(=O)Oc2ccc(CCC(=O)O)cc2)cc(C)c1Cc1ccc(O)c(C(C)C)c1. The van der Waals surface area contributed by atoms with Gasteiger partial charge in [-0.05, 0) is 96.3 Å². The Morgan fingerprint density at radius 3 is 2.11 bits per heavy atom. The summed E-state index contributed by atoms with van der Waals surface area (Å²) in [6.07, 6.45) is 1.22. The summed E-state index contributed by atoms with van der Waals surface area (Å²) in [6, 6.07) is 16.4. The largest absolute Gasteiger partial charge is 0.508 e. The van der Waals surface area contributed by atoms with Gasteiger partial charge in [0, 0.05) is 6.42 Å². The van der Waals surface area contributed by atoms with Crippen molar-refractivity contribution in [3.05, 3.63) is 88.0 Å². The first-order valence-corrected chi connectivity index (χ1v) is 11.7. The maximum atomic E-state index is 12.2. The van der Waals surface area contributed by atoms with Crippen molar-refractivity contribution in [2.75, 3.05) is 6.61 Å². The second kappa shape index (κ2) is 11.6. The molecule has 3 rings (SSSR count). The highest BCUT2D eigenvalue weighted by Gasteiger charge is 2.12. The monoisotopic (exact) mass is 476 g/mol. The fourth-order valence-electron chi connectivity index (χ4n) is 3.97. The minimum Gasteiger partial charge on any atom is -0.508 e. The molecule has 0 aliphatic heterocycles. The van der Waals surface area contributed by atoms with E-state index in [1.165, 1.54) is 5.56 Å². The van der Waals surface area contributed by atoms with Gasteiger partial charge in [-0.3, -0.25) is 4.79 Å². The Morgan fingerprint density at radius 2 is 1.51 bits per heavy atom. The number of aromatic hydroxyl groups is 1. The summed E-state index contributed by atoms with van der Waals surface area (Å²) in [5.41, 5.74) is 6.23. The number of hydrogen-bond acceptors (Lipinski definition) is 5. The summed E-state index contributed by atoms with van der Waals surface area (Å²) in [5, 5.41) is 18.9. The van der Waals surface area contributed by atoms with E-state index in [1.54, 1.807) is 30.3 Å². The number of ether oxygens (including phenoxy) is 2. The van der Waals surface area contributed by atoms with Crippen molar-refractivity contribution in [2.45, 2.75) is 52.9 Å². The first-order valence-electron chi connectivity index (χ1n) is 11.7. The van der Waals surface area contributed by atoms with Crippen molar-refractivity contribution in [2.24, 2.45) is 0 Å². The van der Waals surface area contributed by atoms with Gasteiger partial charge in [-0.2, -0.15) is 0 Å². The van der Waals surface area contributed by atoms with Crippen molar-refractivity contribution in [3.8, 4) is 17.2 Å². The number of benzene rings is 3. The third kappa shape index (κ3) is 7.34. The van der Waals surface area contributed by atoms with Gasteiger partial charge in [-0.25, -0.2) is 4.79 Å². The van der Waals surface area contributed by atoms with Gasteiger partial charge in [0.05, 0.1) is 0 Å². The van der Waals surface area contributed by atoms with E-state index in [-0.39, 0.29) is 18.9 Å². The summed E-state index contributed by atoms with van der Waals surface area (Å²) in [4.78, 5) is 22.9. The van der Waals surface area contributed by atoms with E-state index in [4.69, 9.17) is 14.6 Å². The van der Waals surface area contributed by atoms with Crippen LogP contribution in [-0.2, 0) is 22.4 Å². The fraction of sp³-hybridized carbons (Fsp3) is 0.310. The van der Waals surface area contributed by atoms with E-state index in [0.29, 0.717) is 23.7 Å². The summed E-state index contributed by atoms with van der Waals surface area (Å²) in [5.74, 6) is 0.169. The summed E-state index contributed by atoms with van der Waals surface area (Å²) in [6.45, 7) is 7.93. The van der Waals surface area contributed by atoms with Gasteiger partial charge in [0.1, 0.15) is 17.2 Å². The summed E-state index contributed by atoms with van der Waals surface area (Å²) in [7, 11) is 0. The molecular formula is C29H32O6. The normalized spacial score (nSPS) is 10.9. The molecule has 0 saturated carbocycles. The topological polar surface area (TPSA) is 93.1 Å². The van der Waals surface area contributed by atoms with Crippen LogP contribution in [0.4, 0.5) is 0 Å². The van der Waals surface area contributed by atoms with Crippen LogP contribution < -0.4 is 9.47 Å². The summed E-state index contributed by atoms with van der Waals surface area (Å²) < 4.78 is 11.0. The van der Waals surface area contributed by atoms with Gasteiger partial charge in [-0.1, -0.05) is 38.1 Å². The standard InChI is InChI=1S/C29H32O6/c1-18(2)25-15-22(7-11-27(25)30)16-26-19(3)13-24(14-20(26)4)34-17-29(33)35-23-9-5-21(6-10-23)8-12-28(31)32/h5-7,9-11,13-15,18,30H,8,12,16-17H2,1-4H3,(H,31,32). The van der Waals surface area contributed by atoms with Crippen LogP contribution in [0.15, 0.2) is 54.6 Å². The third-order valence-electron chi connectivity index (χ3n) is 5.90. The Bertz CT molecular complexity index is 1170. The van der Waals surface area contributed by atoms with Gasteiger partial charge < -0.3 is 19.7 Å². The minimum atomic E-state index is -0.850. The third-order valence-corrected chi connectivity index (χ3v) is 5.90. The first-order chi connectivity index (χ1) is 16.6. The number of phenols is 1. The number of carbonyl (C=O) groups excluding carboxylic acids is 1. The van der Waals surface area contributed by atoms with E-state index in [2.05, 4.69) is 19.9 Å². The van der Waals surface area contributed by atoms with Crippen LogP contribution in [0.5, 0.6) is 17.2 Å². The number of hydrogen-bond donors (Lipinski definition) is 2. The predicted octanol–water partition coefficient (Wildman–Crippen LogP) is 5.72. The lowest BCUT2D eigenvalue weighted by molar-refractivity contribution is -0.137. The zero-order chi connectivity index (χ0) is 25.5. The lowest BCUT2D eigenvalue weighted by Crippen LogP contribution is -2.18. The molecule has 0 aromatic heterocycles. The number of aryl methyl sites for hydroxylation is 3. The van der Waals surface area contributed by atoms with E-state index in [0.717, 1.165) is 34.2 Å². The van der Waals surface area contributed by atoms with E-state index in [9.17, 15) is 14.7 Å². The quantitative estimate of drug-likeness (QED) is 0.287. The maximum absolute atomic E-state index is 12.2. The Morgan fingerprint density at radius 1 is 0.886 bits per heavy atom. The molecule has 0 saturated heterocycles. The zero-order valence-corrected chi connectivity index (χ0v) is 20.6. The molecule has 3 aromatic carbocycles. The Hall–Kier alpha value is -3.80. The van der Waals surface area contributed by atoms with Crippen LogP contribution in [0, 0.1) is 13.8 Å². The fourth-order valence-corrected chi connectivity index (χ4v) is 3.97. The number of rotatable bonds is 10. The van der Waals surface area contributed by atoms with Crippen LogP contribution in [0.25, 0.3) is 0 Å². The number of carboxylic acids is 1. The zero-order valence-electron chi connectivity index (χ0n) is 20.6. The molecule has 6 heteroatoms. The van der Waals surface area contributed by atoms with Gasteiger partial charge in [0.2, 0.25) is 0 Å².